The molecule has 176 valence electrons. The highest BCUT2D eigenvalue weighted by atomic mass is 32.1. The molecule has 3 aromatic rings. The number of ether oxygens (including phenoxy) is 1. The molecule has 0 spiro atoms. The summed E-state index contributed by atoms with van der Waals surface area (Å²) in [6.07, 6.45) is 0.924. The normalized spacial score (nSPS) is 13.9. The van der Waals surface area contributed by atoms with Crippen molar-refractivity contribution < 1.29 is 24.2 Å². The van der Waals surface area contributed by atoms with Gasteiger partial charge in [0.25, 0.3) is 0 Å². The molecule has 0 aliphatic heterocycles. The Balaban J connectivity index is 1.43. The van der Waals surface area contributed by atoms with Gasteiger partial charge in [0.05, 0.1) is 11.9 Å². The highest BCUT2D eigenvalue weighted by molar-refractivity contribution is 7.09. The first kappa shape index (κ1) is 23.4. The van der Waals surface area contributed by atoms with Crippen LogP contribution in [0.4, 0.5) is 4.79 Å². The summed E-state index contributed by atoms with van der Waals surface area (Å²) in [7, 11) is 0. The number of aromatic nitrogens is 1. The number of hydrogen-bond donors (Lipinski definition) is 3. The van der Waals surface area contributed by atoms with E-state index in [4.69, 9.17) is 9.84 Å². The number of aliphatic carboxylic acids is 1. The van der Waals surface area contributed by atoms with Gasteiger partial charge in [0.15, 0.2) is 0 Å². The molecule has 1 aromatic heterocycles. The lowest BCUT2D eigenvalue weighted by atomic mass is 9.98. The third-order valence-corrected chi connectivity index (χ3v) is 6.51. The van der Waals surface area contributed by atoms with Gasteiger partial charge in [0, 0.05) is 29.5 Å². The second kappa shape index (κ2) is 10.5. The average Bonchev–Trinajstić information content (AvgIpc) is 3.42. The van der Waals surface area contributed by atoms with Crippen LogP contribution < -0.4 is 10.6 Å². The minimum atomic E-state index is -1.02. The average molecular weight is 480 g/mol. The third kappa shape index (κ3) is 5.43. The van der Waals surface area contributed by atoms with Crippen LogP contribution in [0.5, 0.6) is 0 Å². The number of nitrogens with one attached hydrogen (secondary N) is 2. The van der Waals surface area contributed by atoms with Crippen molar-refractivity contribution in [2.45, 2.75) is 37.8 Å². The van der Waals surface area contributed by atoms with Gasteiger partial charge in [-0.15, -0.1) is 11.3 Å². The Morgan fingerprint density at radius 3 is 2.29 bits per heavy atom. The van der Waals surface area contributed by atoms with Crippen molar-refractivity contribution in [3.05, 3.63) is 76.2 Å². The number of thiazole rings is 1. The third-order valence-electron chi connectivity index (χ3n) is 5.71. The van der Waals surface area contributed by atoms with Crippen molar-refractivity contribution in [2.75, 3.05) is 6.61 Å². The first-order valence-electron chi connectivity index (χ1n) is 10.9. The van der Waals surface area contributed by atoms with E-state index in [1.54, 1.807) is 18.6 Å². The van der Waals surface area contributed by atoms with Crippen molar-refractivity contribution >= 4 is 29.3 Å². The van der Waals surface area contributed by atoms with Crippen molar-refractivity contribution in [3.63, 3.8) is 0 Å². The Hall–Kier alpha value is -3.72. The predicted octanol–water partition coefficient (Wildman–Crippen LogP) is 3.57. The van der Waals surface area contributed by atoms with Crippen LogP contribution in [0.1, 0.15) is 35.3 Å². The number of carboxylic acids is 1. The molecule has 9 heteroatoms. The molecule has 3 N–H and O–H groups in total. The van der Waals surface area contributed by atoms with Crippen LogP contribution in [-0.2, 0) is 20.7 Å². The maximum Gasteiger partial charge on any atom is 0.407 e. The number of carbonyl (C=O) groups is 3. The summed E-state index contributed by atoms with van der Waals surface area (Å²) in [5.41, 5.74) is 6.09. The molecule has 0 saturated carbocycles. The molecular formula is C25H25N3O5S. The largest absolute Gasteiger partial charge is 0.481 e. The first-order chi connectivity index (χ1) is 16.4. The Labute approximate surface area is 201 Å². The van der Waals surface area contributed by atoms with Crippen LogP contribution in [0.25, 0.3) is 11.1 Å². The van der Waals surface area contributed by atoms with Gasteiger partial charge in [0.2, 0.25) is 5.91 Å². The summed E-state index contributed by atoms with van der Waals surface area (Å²) in [5.74, 6) is -1.59. The molecule has 2 aromatic carbocycles. The maximum atomic E-state index is 12.8. The number of benzene rings is 2. The second-order valence-electron chi connectivity index (χ2n) is 8.20. The van der Waals surface area contributed by atoms with Crippen molar-refractivity contribution in [1.29, 1.82) is 0 Å². The Morgan fingerprint density at radius 2 is 1.71 bits per heavy atom. The van der Waals surface area contributed by atoms with Crippen LogP contribution in [0, 0.1) is 0 Å². The molecule has 1 aliphatic rings. The van der Waals surface area contributed by atoms with Gasteiger partial charge in [0.1, 0.15) is 12.6 Å². The summed E-state index contributed by atoms with van der Waals surface area (Å²) < 4.78 is 5.57. The molecular weight excluding hydrogens is 454 g/mol. The fourth-order valence-corrected chi connectivity index (χ4v) is 4.83. The fraction of sp³-hybridized carbons (Fsp3) is 0.280. The van der Waals surface area contributed by atoms with Crippen LogP contribution in [0.15, 0.2) is 60.2 Å². The summed E-state index contributed by atoms with van der Waals surface area (Å²) in [5, 5.41) is 14.2. The van der Waals surface area contributed by atoms with Crippen molar-refractivity contribution in [2.24, 2.45) is 0 Å². The lowest BCUT2D eigenvalue weighted by molar-refractivity contribution is -0.137. The van der Waals surface area contributed by atoms with Crippen LogP contribution in [-0.4, -0.2) is 46.8 Å². The van der Waals surface area contributed by atoms with Gasteiger partial charge in [-0.1, -0.05) is 48.5 Å². The lowest BCUT2D eigenvalue weighted by Crippen LogP contribution is -2.50. The lowest BCUT2D eigenvalue weighted by Gasteiger charge is -2.21. The number of hydrogen-bond acceptors (Lipinski definition) is 6. The quantitative estimate of drug-likeness (QED) is 0.432. The van der Waals surface area contributed by atoms with E-state index < -0.39 is 30.1 Å². The number of fused-ring (bicyclic) bond motifs is 3. The zero-order chi connectivity index (χ0) is 24.1. The number of carboxylic acid groups (broad SMARTS) is 1. The molecule has 0 bridgehead atoms. The van der Waals surface area contributed by atoms with Crippen molar-refractivity contribution in [1.82, 2.24) is 15.6 Å². The van der Waals surface area contributed by atoms with E-state index in [0.29, 0.717) is 0 Å². The van der Waals surface area contributed by atoms with E-state index in [1.165, 1.54) is 11.3 Å². The van der Waals surface area contributed by atoms with Crippen LogP contribution in [0.3, 0.4) is 0 Å². The minimum absolute atomic E-state index is 0.0949. The Morgan fingerprint density at radius 1 is 1.06 bits per heavy atom. The SMILES string of the molecule is CC(CC(=O)O)NC(=O)C(Cc1cncs1)NC(=O)OCC1c2ccccc2-c2ccccc21. The Bertz CT molecular complexity index is 1140. The van der Waals surface area contributed by atoms with E-state index in [9.17, 15) is 14.4 Å². The monoisotopic (exact) mass is 479 g/mol. The van der Waals surface area contributed by atoms with E-state index in [2.05, 4.69) is 27.8 Å². The molecule has 4 rings (SSSR count). The fourth-order valence-electron chi connectivity index (χ4n) is 4.19. The maximum absolute atomic E-state index is 12.8. The van der Waals surface area contributed by atoms with E-state index in [-0.39, 0.29) is 25.4 Å². The highest BCUT2D eigenvalue weighted by Crippen LogP contribution is 2.44. The number of nitrogens with zero attached hydrogens (tertiary/aromatic N) is 1. The summed E-state index contributed by atoms with van der Waals surface area (Å²) in [6.45, 7) is 1.73. The summed E-state index contributed by atoms with van der Waals surface area (Å²) >= 11 is 1.37. The van der Waals surface area contributed by atoms with Crippen molar-refractivity contribution in [3.8, 4) is 11.1 Å². The summed E-state index contributed by atoms with van der Waals surface area (Å²) in [6, 6.07) is 14.6. The molecule has 2 amide bonds. The number of carbonyl (C=O) groups excluding carboxylic acids is 2. The Kier molecular flexibility index (Phi) is 7.22. The minimum Gasteiger partial charge on any atom is -0.481 e. The molecule has 2 atom stereocenters. The smallest absolute Gasteiger partial charge is 0.407 e. The summed E-state index contributed by atoms with van der Waals surface area (Å²) in [4.78, 5) is 41.3. The van der Waals surface area contributed by atoms with Gasteiger partial charge in [-0.25, -0.2) is 4.79 Å². The molecule has 0 saturated heterocycles. The molecule has 0 fully saturated rings. The molecule has 1 aliphatic carbocycles. The van der Waals surface area contributed by atoms with E-state index in [0.717, 1.165) is 27.1 Å². The molecule has 1 heterocycles. The molecule has 0 radical (unpaired) electrons. The molecule has 8 nitrogen and oxygen atoms in total. The number of alkyl carbamates (subject to hydrolysis) is 1. The van der Waals surface area contributed by atoms with Gasteiger partial charge < -0.3 is 20.5 Å². The topological polar surface area (TPSA) is 118 Å². The standard InChI is InChI=1S/C25H25N3O5S/c1-15(10-23(29)30)27-24(31)22(11-16-12-26-14-34-16)28-25(32)33-13-21-19-8-4-2-6-17(19)18-7-3-5-9-20(18)21/h2-9,12,14-15,21-22H,10-11,13H2,1H3,(H,27,31)(H,28,32)(H,29,30). The van der Waals surface area contributed by atoms with Crippen LogP contribution >= 0.6 is 11.3 Å². The van der Waals surface area contributed by atoms with Crippen LogP contribution in [0.2, 0.25) is 0 Å². The zero-order valence-electron chi connectivity index (χ0n) is 18.6. The van der Waals surface area contributed by atoms with Gasteiger partial charge in [-0.3, -0.25) is 14.6 Å². The van der Waals surface area contributed by atoms with Gasteiger partial charge in [-0.2, -0.15) is 0 Å². The zero-order valence-corrected chi connectivity index (χ0v) is 19.4. The van der Waals surface area contributed by atoms with Gasteiger partial charge >= 0.3 is 12.1 Å². The number of amides is 2. The molecule has 34 heavy (non-hydrogen) atoms. The van der Waals surface area contributed by atoms with Gasteiger partial charge in [-0.05, 0) is 29.2 Å². The van der Waals surface area contributed by atoms with E-state index >= 15 is 0 Å². The van der Waals surface area contributed by atoms with E-state index in [1.807, 2.05) is 36.4 Å². The second-order valence-corrected chi connectivity index (χ2v) is 9.17. The molecule has 2 unspecified atom stereocenters. The number of rotatable bonds is 9. The predicted molar refractivity (Wildman–Crippen MR) is 128 cm³/mol. The highest BCUT2D eigenvalue weighted by Gasteiger charge is 2.30. The first-order valence-corrected chi connectivity index (χ1v) is 11.8.